The topological polar surface area (TPSA) is 84.5 Å². The Bertz CT molecular complexity index is 675. The SMILES string of the molecule is COC(=O)CCC/C=C1/SC[C@@H](NC(=O)c2ccccc2)[C@@H]1NC(C)=O. The average molecular weight is 376 g/mol. The number of esters is 1. The van der Waals surface area contributed by atoms with E-state index in [-0.39, 0.29) is 29.9 Å². The molecule has 0 bridgehead atoms. The molecule has 1 fully saturated rings. The van der Waals surface area contributed by atoms with Crippen LogP contribution >= 0.6 is 11.8 Å². The van der Waals surface area contributed by atoms with Crippen LogP contribution in [0.5, 0.6) is 0 Å². The van der Waals surface area contributed by atoms with E-state index in [4.69, 9.17) is 0 Å². The summed E-state index contributed by atoms with van der Waals surface area (Å²) in [5.74, 6) is 0.163. The van der Waals surface area contributed by atoms with Gasteiger partial charge in [0.25, 0.3) is 5.91 Å². The van der Waals surface area contributed by atoms with E-state index < -0.39 is 0 Å². The molecule has 2 amide bonds. The predicted octanol–water partition coefficient (Wildman–Crippen LogP) is 2.26. The van der Waals surface area contributed by atoms with Gasteiger partial charge >= 0.3 is 5.97 Å². The quantitative estimate of drug-likeness (QED) is 0.563. The molecular formula is C19H24N2O4S. The van der Waals surface area contributed by atoms with E-state index in [9.17, 15) is 14.4 Å². The van der Waals surface area contributed by atoms with Crippen molar-refractivity contribution in [2.45, 2.75) is 38.3 Å². The Morgan fingerprint density at radius 3 is 2.62 bits per heavy atom. The van der Waals surface area contributed by atoms with Crippen molar-refractivity contribution >= 4 is 29.5 Å². The van der Waals surface area contributed by atoms with Crippen molar-refractivity contribution in [3.63, 3.8) is 0 Å². The van der Waals surface area contributed by atoms with Crippen molar-refractivity contribution in [3.05, 3.63) is 46.9 Å². The first kappa shape index (κ1) is 20.0. The molecule has 1 aromatic rings. The molecule has 0 spiro atoms. The summed E-state index contributed by atoms with van der Waals surface area (Å²) in [6.07, 6.45) is 3.80. The van der Waals surface area contributed by atoms with Gasteiger partial charge in [0, 0.05) is 29.6 Å². The number of benzene rings is 1. The average Bonchev–Trinajstić information content (AvgIpc) is 3.00. The van der Waals surface area contributed by atoms with Gasteiger partial charge < -0.3 is 15.4 Å². The fraction of sp³-hybridized carbons (Fsp3) is 0.421. The van der Waals surface area contributed by atoms with Crippen LogP contribution in [0.15, 0.2) is 41.3 Å². The summed E-state index contributed by atoms with van der Waals surface area (Å²) in [4.78, 5) is 36.2. The van der Waals surface area contributed by atoms with Gasteiger partial charge in [-0.3, -0.25) is 14.4 Å². The Labute approximate surface area is 157 Å². The lowest BCUT2D eigenvalue weighted by atomic mass is 10.1. The van der Waals surface area contributed by atoms with Crippen molar-refractivity contribution in [2.75, 3.05) is 12.9 Å². The fourth-order valence-corrected chi connectivity index (χ4v) is 3.99. The smallest absolute Gasteiger partial charge is 0.305 e. The highest BCUT2D eigenvalue weighted by molar-refractivity contribution is 8.03. The van der Waals surface area contributed by atoms with Crippen LogP contribution in [0.4, 0.5) is 0 Å². The highest BCUT2D eigenvalue weighted by Crippen LogP contribution is 2.32. The third kappa shape index (κ3) is 5.91. The molecule has 1 heterocycles. The third-order valence-electron chi connectivity index (χ3n) is 4.01. The van der Waals surface area contributed by atoms with Crippen molar-refractivity contribution in [1.29, 1.82) is 0 Å². The first-order valence-corrected chi connectivity index (χ1v) is 9.52. The second kappa shape index (κ2) is 10.0. The largest absolute Gasteiger partial charge is 0.469 e. The maximum atomic E-state index is 12.4. The summed E-state index contributed by atoms with van der Waals surface area (Å²) in [5, 5.41) is 5.93. The van der Waals surface area contributed by atoms with Gasteiger partial charge in [-0.25, -0.2) is 0 Å². The maximum Gasteiger partial charge on any atom is 0.305 e. The molecule has 0 saturated carbocycles. The molecule has 1 saturated heterocycles. The van der Waals surface area contributed by atoms with Crippen LogP contribution in [-0.2, 0) is 14.3 Å². The summed E-state index contributed by atoms with van der Waals surface area (Å²) >= 11 is 1.62. The van der Waals surface area contributed by atoms with E-state index in [1.54, 1.807) is 23.9 Å². The van der Waals surface area contributed by atoms with Crippen LogP contribution in [0.25, 0.3) is 0 Å². The minimum atomic E-state index is -0.247. The molecule has 6 nitrogen and oxygen atoms in total. The number of unbranched alkanes of at least 4 members (excludes halogenated alkanes) is 1. The molecule has 2 rings (SSSR count). The highest BCUT2D eigenvalue weighted by Gasteiger charge is 2.34. The van der Waals surface area contributed by atoms with E-state index in [0.29, 0.717) is 30.6 Å². The zero-order valence-electron chi connectivity index (χ0n) is 15.0. The Hall–Kier alpha value is -2.28. The van der Waals surface area contributed by atoms with Gasteiger partial charge in [-0.2, -0.15) is 0 Å². The molecule has 1 aromatic carbocycles. The monoisotopic (exact) mass is 376 g/mol. The third-order valence-corrected chi connectivity index (χ3v) is 5.29. The lowest BCUT2D eigenvalue weighted by Gasteiger charge is -2.22. The Morgan fingerprint density at radius 1 is 1.23 bits per heavy atom. The molecule has 0 unspecified atom stereocenters. The van der Waals surface area contributed by atoms with Crippen LogP contribution in [0.3, 0.4) is 0 Å². The second-order valence-electron chi connectivity index (χ2n) is 6.01. The molecule has 1 aliphatic heterocycles. The molecular weight excluding hydrogens is 352 g/mol. The second-order valence-corrected chi connectivity index (χ2v) is 7.10. The molecule has 140 valence electrons. The lowest BCUT2D eigenvalue weighted by molar-refractivity contribution is -0.140. The zero-order chi connectivity index (χ0) is 18.9. The van der Waals surface area contributed by atoms with Crippen LogP contribution in [0.1, 0.15) is 36.5 Å². The van der Waals surface area contributed by atoms with Gasteiger partial charge in [-0.1, -0.05) is 24.3 Å². The number of rotatable bonds is 7. The van der Waals surface area contributed by atoms with Gasteiger partial charge in [0.05, 0.1) is 19.2 Å². The van der Waals surface area contributed by atoms with Crippen LogP contribution in [0.2, 0.25) is 0 Å². The van der Waals surface area contributed by atoms with E-state index in [1.807, 2.05) is 24.3 Å². The van der Waals surface area contributed by atoms with Gasteiger partial charge in [0.2, 0.25) is 5.91 Å². The molecule has 1 aliphatic rings. The number of thioether (sulfide) groups is 1. The number of amides is 2. The minimum absolute atomic E-state index is 0.142. The predicted molar refractivity (Wildman–Crippen MR) is 102 cm³/mol. The zero-order valence-corrected chi connectivity index (χ0v) is 15.8. The van der Waals surface area contributed by atoms with Gasteiger partial charge in [-0.05, 0) is 25.0 Å². The number of carbonyl (C=O) groups excluding carboxylic acids is 3. The minimum Gasteiger partial charge on any atom is -0.469 e. The van der Waals surface area contributed by atoms with E-state index >= 15 is 0 Å². The van der Waals surface area contributed by atoms with Crippen LogP contribution in [-0.4, -0.2) is 42.7 Å². The normalized spacial score (nSPS) is 20.6. The highest BCUT2D eigenvalue weighted by atomic mass is 32.2. The molecule has 0 radical (unpaired) electrons. The molecule has 0 aromatic heterocycles. The number of allylic oxidation sites excluding steroid dienone is 1. The summed E-state index contributed by atoms with van der Waals surface area (Å²) in [6.45, 7) is 1.47. The molecule has 2 atom stereocenters. The Morgan fingerprint density at radius 2 is 1.96 bits per heavy atom. The number of hydrogen-bond acceptors (Lipinski definition) is 5. The molecule has 2 N–H and O–H groups in total. The summed E-state index contributed by atoms with van der Waals surface area (Å²) in [5.41, 5.74) is 0.592. The lowest BCUT2D eigenvalue weighted by Crippen LogP contribution is -2.50. The Kier molecular flexibility index (Phi) is 7.72. The van der Waals surface area contributed by atoms with Crippen molar-refractivity contribution in [1.82, 2.24) is 10.6 Å². The number of nitrogens with one attached hydrogen (secondary N) is 2. The van der Waals surface area contributed by atoms with Gasteiger partial charge in [0.15, 0.2) is 0 Å². The number of carbonyl (C=O) groups is 3. The number of ether oxygens (including phenoxy) is 1. The molecule has 7 heteroatoms. The summed E-state index contributed by atoms with van der Waals surface area (Å²) in [7, 11) is 1.38. The van der Waals surface area contributed by atoms with Crippen LogP contribution in [0, 0.1) is 0 Å². The van der Waals surface area contributed by atoms with Crippen LogP contribution < -0.4 is 10.6 Å². The first-order valence-electron chi connectivity index (χ1n) is 8.54. The van der Waals surface area contributed by atoms with Crippen molar-refractivity contribution < 1.29 is 19.1 Å². The Balaban J connectivity index is 1.99. The van der Waals surface area contributed by atoms with Gasteiger partial charge in [0.1, 0.15) is 0 Å². The summed E-state index contributed by atoms with van der Waals surface area (Å²) in [6, 6.07) is 8.58. The van der Waals surface area contributed by atoms with Crippen molar-refractivity contribution in [3.8, 4) is 0 Å². The number of methoxy groups -OCH3 is 1. The molecule has 0 aliphatic carbocycles. The summed E-state index contributed by atoms with van der Waals surface area (Å²) < 4.78 is 4.63. The number of hydrogen-bond donors (Lipinski definition) is 2. The maximum absolute atomic E-state index is 12.4. The first-order chi connectivity index (χ1) is 12.5. The standard InChI is InChI=1S/C19H24N2O4S/c1-13(22)20-18-15(21-19(24)14-8-4-3-5-9-14)12-26-16(18)10-6-7-11-17(23)25-2/h3-5,8-10,15,18H,6-7,11-12H2,1-2H3,(H,20,22)(H,21,24)/b16-10+/t15-,18+/m1/s1. The van der Waals surface area contributed by atoms with E-state index in [0.717, 1.165) is 4.91 Å². The molecule has 26 heavy (non-hydrogen) atoms. The van der Waals surface area contributed by atoms with E-state index in [1.165, 1.54) is 14.0 Å². The fourth-order valence-electron chi connectivity index (χ4n) is 2.71. The van der Waals surface area contributed by atoms with Crippen molar-refractivity contribution in [2.24, 2.45) is 0 Å². The van der Waals surface area contributed by atoms with E-state index in [2.05, 4.69) is 15.4 Å². The van der Waals surface area contributed by atoms with Gasteiger partial charge in [-0.15, -0.1) is 11.8 Å².